The van der Waals surface area contributed by atoms with Gasteiger partial charge in [0.2, 0.25) is 0 Å². The minimum atomic E-state index is -0.154. The molecule has 3 nitrogen and oxygen atoms in total. The SMILES string of the molecule is Cc1ccc(C)c2c1[C@@H](c1ccccc1)N(N=O)[C@@H]2c1ccccc1. The minimum absolute atomic E-state index is 0.154. The van der Waals surface area contributed by atoms with Crippen molar-refractivity contribution in [3.8, 4) is 0 Å². The largest absolute Gasteiger partial charge is 0.237 e. The summed E-state index contributed by atoms with van der Waals surface area (Å²) in [6.07, 6.45) is 0. The highest BCUT2D eigenvalue weighted by molar-refractivity contribution is 5.54. The van der Waals surface area contributed by atoms with Gasteiger partial charge in [-0.2, -0.15) is 0 Å². The van der Waals surface area contributed by atoms with Crippen LogP contribution < -0.4 is 0 Å². The van der Waals surface area contributed by atoms with Crippen LogP contribution in [0.15, 0.2) is 78.1 Å². The molecule has 0 saturated heterocycles. The molecule has 3 aromatic rings. The number of nitrogens with zero attached hydrogens (tertiary/aromatic N) is 2. The van der Waals surface area contributed by atoms with Crippen molar-refractivity contribution in [2.75, 3.05) is 0 Å². The highest BCUT2D eigenvalue weighted by Gasteiger charge is 2.42. The topological polar surface area (TPSA) is 32.7 Å². The Balaban J connectivity index is 2.00. The predicted octanol–water partition coefficient (Wildman–Crippen LogP) is 5.48. The molecule has 3 aromatic carbocycles. The Morgan fingerprint density at radius 3 is 1.44 bits per heavy atom. The van der Waals surface area contributed by atoms with Gasteiger partial charge < -0.3 is 0 Å². The standard InChI is InChI=1S/C22H20N2O/c1-15-13-14-16(2)20-19(15)21(17-9-5-3-6-10-17)24(23-25)22(20)18-11-7-4-8-12-18/h3-14,21-22H,1-2H3/t21-,22-/m1/s1. The molecule has 1 aliphatic heterocycles. The molecule has 0 fully saturated rings. The second kappa shape index (κ2) is 6.17. The zero-order valence-electron chi connectivity index (χ0n) is 14.4. The quantitative estimate of drug-likeness (QED) is 0.596. The molecule has 0 N–H and O–H groups in total. The first-order valence-electron chi connectivity index (χ1n) is 8.54. The van der Waals surface area contributed by atoms with E-state index >= 15 is 0 Å². The molecule has 1 aliphatic rings. The van der Waals surface area contributed by atoms with Gasteiger partial charge in [0.1, 0.15) is 12.1 Å². The molecule has 2 atom stereocenters. The fourth-order valence-corrected chi connectivity index (χ4v) is 4.00. The highest BCUT2D eigenvalue weighted by Crippen LogP contribution is 2.50. The summed E-state index contributed by atoms with van der Waals surface area (Å²) in [6.45, 7) is 4.23. The Hall–Kier alpha value is -2.94. The van der Waals surface area contributed by atoms with Crippen LogP contribution in [0, 0.1) is 18.8 Å². The molecule has 4 rings (SSSR count). The zero-order valence-corrected chi connectivity index (χ0v) is 14.4. The maximum atomic E-state index is 11.9. The van der Waals surface area contributed by atoms with Gasteiger partial charge in [0.05, 0.1) is 5.29 Å². The second-order valence-electron chi connectivity index (χ2n) is 6.61. The summed E-state index contributed by atoms with van der Waals surface area (Å²) in [6, 6.07) is 24.3. The van der Waals surface area contributed by atoms with E-state index in [-0.39, 0.29) is 12.1 Å². The van der Waals surface area contributed by atoms with Gasteiger partial charge in [-0.3, -0.25) is 0 Å². The van der Waals surface area contributed by atoms with Gasteiger partial charge in [-0.25, -0.2) is 5.01 Å². The summed E-state index contributed by atoms with van der Waals surface area (Å²) in [5.74, 6) is 0. The number of rotatable bonds is 3. The van der Waals surface area contributed by atoms with Crippen molar-refractivity contribution in [3.05, 3.63) is 111 Å². The van der Waals surface area contributed by atoms with Crippen LogP contribution in [0.2, 0.25) is 0 Å². The highest BCUT2D eigenvalue weighted by atomic mass is 16.3. The number of aryl methyl sites for hydroxylation is 2. The third-order valence-corrected chi connectivity index (χ3v) is 5.12. The molecule has 124 valence electrons. The lowest BCUT2D eigenvalue weighted by Gasteiger charge is -2.25. The lowest BCUT2D eigenvalue weighted by atomic mass is 9.89. The predicted molar refractivity (Wildman–Crippen MR) is 100 cm³/mol. The number of nitroso groups, excluding NO2 is 1. The van der Waals surface area contributed by atoms with Crippen LogP contribution in [0.5, 0.6) is 0 Å². The molecule has 0 spiro atoms. The molecule has 25 heavy (non-hydrogen) atoms. The molecular weight excluding hydrogens is 308 g/mol. The number of benzene rings is 3. The van der Waals surface area contributed by atoms with E-state index in [1.807, 2.05) is 36.4 Å². The normalized spacial score (nSPS) is 18.9. The van der Waals surface area contributed by atoms with Gasteiger partial charge in [-0.05, 0) is 47.2 Å². The average molecular weight is 328 g/mol. The maximum absolute atomic E-state index is 11.9. The smallest absolute Gasteiger partial charge is 0.102 e. The van der Waals surface area contributed by atoms with E-state index in [0.29, 0.717) is 0 Å². The van der Waals surface area contributed by atoms with Gasteiger partial charge in [0, 0.05) is 0 Å². The van der Waals surface area contributed by atoms with Crippen LogP contribution in [0.25, 0.3) is 0 Å². The van der Waals surface area contributed by atoms with E-state index in [0.717, 1.165) is 11.1 Å². The van der Waals surface area contributed by atoms with Crippen LogP contribution in [0.1, 0.15) is 45.5 Å². The fraction of sp³-hybridized carbons (Fsp3) is 0.182. The van der Waals surface area contributed by atoms with Crippen LogP contribution in [-0.4, -0.2) is 5.01 Å². The molecule has 0 amide bonds. The van der Waals surface area contributed by atoms with E-state index < -0.39 is 0 Å². The molecule has 0 saturated carbocycles. The molecular formula is C22H20N2O. The Morgan fingerprint density at radius 2 is 1.08 bits per heavy atom. The third kappa shape index (κ3) is 2.43. The van der Waals surface area contributed by atoms with Crippen LogP contribution in [0.4, 0.5) is 0 Å². The summed E-state index contributed by atoms with van der Waals surface area (Å²) in [4.78, 5) is 11.9. The van der Waals surface area contributed by atoms with Gasteiger partial charge in [0.25, 0.3) is 0 Å². The summed E-state index contributed by atoms with van der Waals surface area (Å²) < 4.78 is 0. The van der Waals surface area contributed by atoms with Crippen molar-refractivity contribution in [2.24, 2.45) is 5.29 Å². The van der Waals surface area contributed by atoms with Gasteiger partial charge in [-0.15, -0.1) is 4.91 Å². The first kappa shape index (κ1) is 15.6. The molecule has 3 heteroatoms. The third-order valence-electron chi connectivity index (χ3n) is 5.12. The van der Waals surface area contributed by atoms with Gasteiger partial charge in [0.15, 0.2) is 0 Å². The van der Waals surface area contributed by atoms with Crippen molar-refractivity contribution < 1.29 is 0 Å². The van der Waals surface area contributed by atoms with Crippen molar-refractivity contribution in [1.29, 1.82) is 0 Å². The summed E-state index contributed by atoms with van der Waals surface area (Å²) in [5, 5.41) is 5.20. The minimum Gasteiger partial charge on any atom is -0.237 e. The zero-order chi connectivity index (χ0) is 17.4. The van der Waals surface area contributed by atoms with Crippen molar-refractivity contribution in [3.63, 3.8) is 0 Å². The maximum Gasteiger partial charge on any atom is 0.102 e. The van der Waals surface area contributed by atoms with E-state index in [4.69, 9.17) is 0 Å². The first-order chi connectivity index (χ1) is 12.2. The molecule has 0 aliphatic carbocycles. The second-order valence-corrected chi connectivity index (χ2v) is 6.61. The van der Waals surface area contributed by atoms with Crippen molar-refractivity contribution in [2.45, 2.75) is 25.9 Å². The fourth-order valence-electron chi connectivity index (χ4n) is 4.00. The molecule has 0 radical (unpaired) electrons. The van der Waals surface area contributed by atoms with E-state index in [2.05, 4.69) is 55.5 Å². The molecule has 0 aromatic heterocycles. The van der Waals surface area contributed by atoms with E-state index in [1.54, 1.807) is 5.01 Å². The first-order valence-corrected chi connectivity index (χ1v) is 8.54. The van der Waals surface area contributed by atoms with Crippen molar-refractivity contribution in [1.82, 2.24) is 5.01 Å². The van der Waals surface area contributed by atoms with Gasteiger partial charge in [-0.1, -0.05) is 72.8 Å². The van der Waals surface area contributed by atoms with Crippen LogP contribution >= 0.6 is 0 Å². The molecule has 0 unspecified atom stereocenters. The lowest BCUT2D eigenvalue weighted by molar-refractivity contribution is 0.215. The average Bonchev–Trinajstić information content (AvgIpc) is 3.02. The van der Waals surface area contributed by atoms with Gasteiger partial charge >= 0.3 is 0 Å². The van der Waals surface area contributed by atoms with E-state index in [9.17, 15) is 4.91 Å². The Kier molecular flexibility index (Phi) is 3.85. The summed E-state index contributed by atoms with van der Waals surface area (Å²) >= 11 is 0. The van der Waals surface area contributed by atoms with Crippen LogP contribution in [0.3, 0.4) is 0 Å². The molecule has 1 heterocycles. The lowest BCUT2D eigenvalue weighted by Crippen LogP contribution is -2.22. The Bertz CT molecular complexity index is 834. The number of hydrogen-bond donors (Lipinski definition) is 0. The molecule has 0 bridgehead atoms. The summed E-state index contributed by atoms with van der Waals surface area (Å²) in [5.41, 5.74) is 6.99. The van der Waals surface area contributed by atoms with E-state index in [1.165, 1.54) is 22.3 Å². The Labute approximate surface area is 147 Å². The van der Waals surface area contributed by atoms with Crippen LogP contribution in [-0.2, 0) is 0 Å². The number of fused-ring (bicyclic) bond motifs is 1. The summed E-state index contributed by atoms with van der Waals surface area (Å²) in [7, 11) is 0. The van der Waals surface area contributed by atoms with Crippen molar-refractivity contribution >= 4 is 0 Å². The Morgan fingerprint density at radius 1 is 0.680 bits per heavy atom. The monoisotopic (exact) mass is 328 g/mol. The number of hydrogen-bond acceptors (Lipinski definition) is 2.